The number of anilines is 2. The van der Waals surface area contributed by atoms with Gasteiger partial charge in [0, 0.05) is 12.2 Å². The minimum atomic E-state index is -3.77. The van der Waals surface area contributed by atoms with Crippen LogP contribution in [0.3, 0.4) is 0 Å². The molecule has 0 radical (unpaired) electrons. The largest absolute Gasteiger partial charge is 0.494 e. The third kappa shape index (κ3) is 6.27. The molecule has 0 bridgehead atoms. The predicted octanol–water partition coefficient (Wildman–Crippen LogP) is 5.08. The van der Waals surface area contributed by atoms with Crippen molar-refractivity contribution in [2.24, 2.45) is 5.73 Å². The minimum Gasteiger partial charge on any atom is -0.494 e. The fourth-order valence-electron chi connectivity index (χ4n) is 5.66. The monoisotopic (exact) mass is 642 g/mol. The first-order valence-corrected chi connectivity index (χ1v) is 15.7. The van der Waals surface area contributed by atoms with Crippen molar-refractivity contribution in [1.29, 1.82) is 0 Å². The smallest absolute Gasteiger partial charge is 0.411 e. The van der Waals surface area contributed by atoms with Gasteiger partial charge in [-0.25, -0.2) is 26.8 Å². The zero-order valence-electron chi connectivity index (χ0n) is 24.5. The van der Waals surface area contributed by atoms with Crippen molar-refractivity contribution in [3.63, 3.8) is 0 Å². The van der Waals surface area contributed by atoms with Gasteiger partial charge in [0.25, 0.3) is 5.91 Å². The van der Waals surface area contributed by atoms with Gasteiger partial charge in [0.05, 0.1) is 36.1 Å². The van der Waals surface area contributed by atoms with E-state index in [-0.39, 0.29) is 39.7 Å². The molecule has 1 aliphatic carbocycles. The number of halogens is 2. The summed E-state index contributed by atoms with van der Waals surface area (Å²) in [6.45, 7) is 0.153. The number of ether oxygens (including phenoxy) is 2. The third-order valence-corrected chi connectivity index (χ3v) is 10.3. The highest BCUT2D eigenvalue weighted by molar-refractivity contribution is 7.92. The van der Waals surface area contributed by atoms with Crippen LogP contribution in [0.4, 0.5) is 29.7 Å². The molecule has 2 aliphatic rings. The molecule has 3 N–H and O–H groups in total. The average Bonchev–Trinajstić information content (AvgIpc) is 3.78. The number of hydrogen-bond acceptors (Lipinski definition) is 7. The van der Waals surface area contributed by atoms with E-state index in [4.69, 9.17) is 10.5 Å². The normalized spacial score (nSPS) is 17.0. The number of carbonyl (C=O) groups excluding carboxylic acids is 3. The highest BCUT2D eigenvalue weighted by atomic mass is 32.2. The third-order valence-electron chi connectivity index (χ3n) is 7.94. The van der Waals surface area contributed by atoms with Gasteiger partial charge in [-0.3, -0.25) is 15.0 Å². The number of urea groups is 1. The molecule has 0 aromatic heterocycles. The lowest BCUT2D eigenvalue weighted by Crippen LogP contribution is -2.48. The van der Waals surface area contributed by atoms with E-state index in [1.54, 1.807) is 0 Å². The van der Waals surface area contributed by atoms with Crippen LogP contribution >= 0.6 is 0 Å². The van der Waals surface area contributed by atoms with Crippen LogP contribution in [0.2, 0.25) is 0 Å². The molecule has 2 unspecified atom stereocenters. The van der Waals surface area contributed by atoms with Gasteiger partial charge >= 0.3 is 12.1 Å². The van der Waals surface area contributed by atoms with Crippen LogP contribution in [0.15, 0.2) is 65.6 Å². The second-order valence-electron chi connectivity index (χ2n) is 10.8. The molecule has 2 atom stereocenters. The quantitative estimate of drug-likeness (QED) is 0.331. The Labute approximate surface area is 258 Å². The number of benzene rings is 3. The lowest BCUT2D eigenvalue weighted by Gasteiger charge is -2.35. The lowest BCUT2D eigenvalue weighted by atomic mass is 9.99. The van der Waals surface area contributed by atoms with E-state index in [9.17, 15) is 27.2 Å². The summed E-state index contributed by atoms with van der Waals surface area (Å²) in [5.74, 6) is -2.50. The summed E-state index contributed by atoms with van der Waals surface area (Å²) in [6.07, 6.45) is 1.04. The van der Waals surface area contributed by atoms with Crippen LogP contribution in [0.1, 0.15) is 48.9 Å². The topological polar surface area (TPSA) is 148 Å². The molecule has 238 valence electrons. The van der Waals surface area contributed by atoms with Crippen molar-refractivity contribution in [2.45, 2.75) is 47.9 Å². The minimum absolute atomic E-state index is 0.0194. The molecule has 4 amide bonds. The zero-order valence-corrected chi connectivity index (χ0v) is 25.4. The number of carbonyl (C=O) groups is 3. The SMILES string of the molecule is COC(=O)Nc1ccc(S(=O)(=O)C2CC2)c(C2CCCN2C(=O)C(c2ccc(F)c(OC)c2)N(C(N)=O)c2ccccc2F)c1. The number of sulfone groups is 1. The maximum absolute atomic E-state index is 15.1. The molecule has 5 rings (SSSR count). The summed E-state index contributed by atoms with van der Waals surface area (Å²) in [5, 5.41) is 1.97. The standard InChI is InChI=1S/C31H32F2N4O7S/c1-43-26-16-18(9-13-23(26)33)28(37(30(34)39)25-7-4-3-6-22(25)32)29(38)36-15-5-8-24(36)21-17-19(35-31(40)44-2)10-14-27(21)45(41,42)20-11-12-20/h3-4,6-7,9-10,13-14,16-17,20,24,28H,5,8,11-12,15H2,1-2H3,(H2,34,39)(H,35,40). The number of nitrogens with zero attached hydrogens (tertiary/aromatic N) is 2. The maximum atomic E-state index is 15.1. The number of nitrogens with one attached hydrogen (secondary N) is 1. The zero-order chi connectivity index (χ0) is 32.5. The maximum Gasteiger partial charge on any atom is 0.411 e. The van der Waals surface area contributed by atoms with E-state index in [0.29, 0.717) is 25.7 Å². The molecule has 2 fully saturated rings. The number of likely N-dealkylation sites (tertiary alicyclic amines) is 1. The van der Waals surface area contributed by atoms with Crippen LogP contribution < -0.4 is 20.7 Å². The number of amides is 4. The molecule has 3 aromatic rings. The predicted molar refractivity (Wildman–Crippen MR) is 161 cm³/mol. The van der Waals surface area contributed by atoms with Crippen LogP contribution in [-0.2, 0) is 19.4 Å². The van der Waals surface area contributed by atoms with Crippen LogP contribution in [0.25, 0.3) is 0 Å². The fraction of sp³-hybridized carbons (Fsp3) is 0.323. The second-order valence-corrected chi connectivity index (χ2v) is 13.0. The van der Waals surface area contributed by atoms with Crippen molar-refractivity contribution in [3.8, 4) is 5.75 Å². The van der Waals surface area contributed by atoms with Gasteiger partial charge in [-0.15, -0.1) is 0 Å². The Hall–Kier alpha value is -4.72. The summed E-state index contributed by atoms with van der Waals surface area (Å²) >= 11 is 0. The van der Waals surface area contributed by atoms with Crippen LogP contribution in [-0.4, -0.2) is 57.4 Å². The molecule has 1 saturated heterocycles. The average molecular weight is 643 g/mol. The number of primary amides is 1. The van der Waals surface area contributed by atoms with Gasteiger partial charge in [-0.05, 0) is 79.3 Å². The van der Waals surface area contributed by atoms with Crippen LogP contribution in [0.5, 0.6) is 5.75 Å². The molecule has 1 saturated carbocycles. The Kier molecular flexibility index (Phi) is 8.96. The van der Waals surface area contributed by atoms with Crippen molar-refractivity contribution in [2.75, 3.05) is 31.0 Å². The van der Waals surface area contributed by atoms with E-state index in [1.165, 1.54) is 67.7 Å². The molecular formula is C31H32F2N4O7S. The van der Waals surface area contributed by atoms with E-state index in [2.05, 4.69) is 10.1 Å². The van der Waals surface area contributed by atoms with Gasteiger partial charge in [-0.2, -0.15) is 0 Å². The van der Waals surface area contributed by atoms with Crippen LogP contribution in [0, 0.1) is 11.6 Å². The highest BCUT2D eigenvalue weighted by Crippen LogP contribution is 2.43. The fourth-order valence-corrected chi connectivity index (χ4v) is 7.56. The molecule has 1 heterocycles. The van der Waals surface area contributed by atoms with Crippen molar-refractivity contribution in [1.82, 2.24) is 4.90 Å². The summed E-state index contributed by atoms with van der Waals surface area (Å²) < 4.78 is 66.5. The lowest BCUT2D eigenvalue weighted by molar-refractivity contribution is -0.133. The molecule has 0 spiro atoms. The number of para-hydroxylation sites is 1. The highest BCUT2D eigenvalue weighted by Gasteiger charge is 2.44. The summed E-state index contributed by atoms with van der Waals surface area (Å²) in [6, 6.07) is 9.57. The first kappa shape index (κ1) is 31.7. The van der Waals surface area contributed by atoms with E-state index < -0.39 is 56.8 Å². The summed E-state index contributed by atoms with van der Waals surface area (Å²) in [5.41, 5.74) is 6.08. The molecule has 45 heavy (non-hydrogen) atoms. The van der Waals surface area contributed by atoms with E-state index >= 15 is 4.39 Å². The number of methoxy groups -OCH3 is 2. The van der Waals surface area contributed by atoms with Gasteiger partial charge < -0.3 is 20.1 Å². The summed E-state index contributed by atoms with van der Waals surface area (Å²) in [4.78, 5) is 41.8. The van der Waals surface area contributed by atoms with Crippen molar-refractivity contribution < 1.29 is 41.1 Å². The Bertz CT molecular complexity index is 1750. The second kappa shape index (κ2) is 12.7. The molecule has 3 aromatic carbocycles. The Morgan fingerprint density at radius 3 is 2.38 bits per heavy atom. The van der Waals surface area contributed by atoms with Crippen molar-refractivity contribution in [3.05, 3.63) is 83.4 Å². The van der Waals surface area contributed by atoms with Gasteiger partial charge in [0.15, 0.2) is 21.4 Å². The van der Waals surface area contributed by atoms with Crippen molar-refractivity contribution >= 4 is 39.2 Å². The molecular weight excluding hydrogens is 610 g/mol. The Balaban J connectivity index is 1.65. The first-order valence-electron chi connectivity index (χ1n) is 14.2. The van der Waals surface area contributed by atoms with E-state index in [0.717, 1.165) is 17.0 Å². The first-order chi connectivity index (χ1) is 21.5. The van der Waals surface area contributed by atoms with E-state index in [1.807, 2.05) is 0 Å². The van der Waals surface area contributed by atoms with Gasteiger partial charge in [0.2, 0.25) is 0 Å². The number of nitrogens with two attached hydrogens (primary N) is 1. The number of rotatable bonds is 9. The molecule has 1 aliphatic heterocycles. The molecule has 14 heteroatoms. The summed E-state index contributed by atoms with van der Waals surface area (Å²) in [7, 11) is -1.36. The Morgan fingerprint density at radius 1 is 1.00 bits per heavy atom. The van der Waals surface area contributed by atoms with Gasteiger partial charge in [-0.1, -0.05) is 18.2 Å². The Morgan fingerprint density at radius 2 is 1.73 bits per heavy atom. The molecule has 11 nitrogen and oxygen atoms in total. The van der Waals surface area contributed by atoms with Gasteiger partial charge in [0.1, 0.15) is 11.9 Å². The number of hydrogen-bond donors (Lipinski definition) is 2.